The summed E-state index contributed by atoms with van der Waals surface area (Å²) in [6.07, 6.45) is -2.88. The third kappa shape index (κ3) is 6.19. The molecule has 0 bridgehead atoms. The standard InChI is InChI=1S/C25H26F3NO3S/c1-5-18-8-10-20(21(6-2)29-18)23-11-16-7-9-19(12-22(16)32-23)33-14-17(25(26,27)28)13-31-24(30)15(3)4/h7-12,17H,3,5-6,13-14H2,1-2,4H3. The van der Waals surface area contributed by atoms with E-state index in [4.69, 9.17) is 9.15 Å². The average molecular weight is 478 g/mol. The molecule has 0 saturated carbocycles. The number of hydrogen-bond acceptors (Lipinski definition) is 5. The Morgan fingerprint density at radius 3 is 2.58 bits per heavy atom. The number of rotatable bonds is 9. The molecule has 176 valence electrons. The van der Waals surface area contributed by atoms with Crippen molar-refractivity contribution in [3.8, 4) is 11.3 Å². The first-order valence-electron chi connectivity index (χ1n) is 10.7. The number of fused-ring (bicyclic) bond motifs is 1. The highest BCUT2D eigenvalue weighted by Gasteiger charge is 2.40. The molecule has 3 rings (SSSR count). The van der Waals surface area contributed by atoms with Crippen molar-refractivity contribution in [2.24, 2.45) is 5.92 Å². The van der Waals surface area contributed by atoms with Crippen LogP contribution in [0.25, 0.3) is 22.3 Å². The van der Waals surface area contributed by atoms with E-state index >= 15 is 0 Å². The van der Waals surface area contributed by atoms with Gasteiger partial charge in [-0.25, -0.2) is 4.79 Å². The molecule has 3 aromatic rings. The molecule has 1 atom stereocenters. The van der Waals surface area contributed by atoms with Gasteiger partial charge in [-0.1, -0.05) is 20.4 Å². The number of esters is 1. The summed E-state index contributed by atoms with van der Waals surface area (Å²) in [4.78, 5) is 16.8. The highest BCUT2D eigenvalue weighted by atomic mass is 32.2. The number of benzene rings is 1. The zero-order valence-electron chi connectivity index (χ0n) is 18.8. The zero-order chi connectivity index (χ0) is 24.2. The number of thioether (sulfide) groups is 1. The lowest BCUT2D eigenvalue weighted by atomic mass is 10.1. The van der Waals surface area contributed by atoms with Crippen molar-refractivity contribution >= 4 is 28.7 Å². The second-order valence-corrected chi connectivity index (χ2v) is 8.84. The molecule has 0 amide bonds. The van der Waals surface area contributed by atoms with Crippen LogP contribution in [-0.2, 0) is 22.4 Å². The third-order valence-corrected chi connectivity index (χ3v) is 6.32. The monoisotopic (exact) mass is 477 g/mol. The zero-order valence-corrected chi connectivity index (χ0v) is 19.6. The molecule has 4 nitrogen and oxygen atoms in total. The van der Waals surface area contributed by atoms with E-state index in [1.165, 1.54) is 6.92 Å². The first-order valence-corrected chi connectivity index (χ1v) is 11.7. The van der Waals surface area contributed by atoms with Crippen molar-refractivity contribution in [3.63, 3.8) is 0 Å². The maximum absolute atomic E-state index is 13.4. The van der Waals surface area contributed by atoms with Gasteiger partial charge >= 0.3 is 12.1 Å². The number of alkyl halides is 3. The van der Waals surface area contributed by atoms with Gasteiger partial charge in [0.25, 0.3) is 0 Å². The minimum Gasteiger partial charge on any atom is -0.462 e. The maximum atomic E-state index is 13.4. The molecule has 33 heavy (non-hydrogen) atoms. The van der Waals surface area contributed by atoms with Gasteiger partial charge in [-0.15, -0.1) is 11.8 Å². The molecule has 0 aliphatic rings. The third-order valence-electron chi connectivity index (χ3n) is 5.16. The lowest BCUT2D eigenvalue weighted by Gasteiger charge is -2.19. The first-order chi connectivity index (χ1) is 15.6. The molecule has 0 radical (unpaired) electrons. The number of pyridine rings is 1. The quantitative estimate of drug-likeness (QED) is 0.188. The highest BCUT2D eigenvalue weighted by Crippen LogP contribution is 2.35. The number of nitrogens with zero attached hydrogens (tertiary/aromatic N) is 1. The number of aromatic nitrogens is 1. The molecule has 0 fully saturated rings. The van der Waals surface area contributed by atoms with Gasteiger partial charge in [-0.2, -0.15) is 13.2 Å². The van der Waals surface area contributed by atoms with Crippen molar-refractivity contribution in [2.75, 3.05) is 12.4 Å². The second-order valence-electron chi connectivity index (χ2n) is 7.74. The number of halogens is 3. The second kappa shape index (κ2) is 10.5. The SMILES string of the molecule is C=C(C)C(=O)OCC(CSc1ccc2cc(-c3ccc(CC)nc3CC)oc2c1)C(F)(F)F. The number of carbonyl (C=O) groups is 1. The average Bonchev–Trinajstić information content (AvgIpc) is 3.20. The van der Waals surface area contributed by atoms with E-state index in [0.29, 0.717) is 16.2 Å². The van der Waals surface area contributed by atoms with Crippen LogP contribution < -0.4 is 0 Å². The summed E-state index contributed by atoms with van der Waals surface area (Å²) in [5, 5.41) is 0.860. The Balaban J connectivity index is 1.77. The van der Waals surface area contributed by atoms with Gasteiger partial charge in [0.1, 0.15) is 18.0 Å². The molecule has 0 aliphatic carbocycles. The van der Waals surface area contributed by atoms with Crippen LogP contribution in [0.15, 0.2) is 57.9 Å². The Kier molecular flexibility index (Phi) is 7.89. The fraction of sp³-hybridized carbons (Fsp3) is 0.360. The smallest absolute Gasteiger partial charge is 0.395 e. The van der Waals surface area contributed by atoms with E-state index in [1.54, 1.807) is 12.1 Å². The summed E-state index contributed by atoms with van der Waals surface area (Å²) in [5.41, 5.74) is 3.53. The van der Waals surface area contributed by atoms with Gasteiger partial charge in [0.15, 0.2) is 0 Å². The summed E-state index contributed by atoms with van der Waals surface area (Å²) >= 11 is 1.04. The predicted molar refractivity (Wildman–Crippen MR) is 124 cm³/mol. The van der Waals surface area contributed by atoms with Crippen LogP contribution in [-0.4, -0.2) is 29.5 Å². The molecule has 0 saturated heterocycles. The van der Waals surface area contributed by atoms with Crippen molar-refractivity contribution in [1.29, 1.82) is 0 Å². The van der Waals surface area contributed by atoms with Crippen LogP contribution in [0.3, 0.4) is 0 Å². The van der Waals surface area contributed by atoms with E-state index in [-0.39, 0.29) is 11.3 Å². The fourth-order valence-electron chi connectivity index (χ4n) is 3.20. The van der Waals surface area contributed by atoms with E-state index < -0.39 is 24.7 Å². The van der Waals surface area contributed by atoms with Crippen molar-refractivity contribution < 1.29 is 27.1 Å². The van der Waals surface area contributed by atoms with Crippen molar-refractivity contribution in [2.45, 2.75) is 44.7 Å². The topological polar surface area (TPSA) is 52.3 Å². The molecule has 1 unspecified atom stereocenters. The predicted octanol–water partition coefficient (Wildman–Crippen LogP) is 7.01. The minimum atomic E-state index is -4.49. The summed E-state index contributed by atoms with van der Waals surface area (Å²) in [5.74, 6) is -2.22. The van der Waals surface area contributed by atoms with Gasteiger partial charge in [0.2, 0.25) is 0 Å². The van der Waals surface area contributed by atoms with Crippen LogP contribution in [0, 0.1) is 5.92 Å². The summed E-state index contributed by atoms with van der Waals surface area (Å²) in [6, 6.07) is 11.2. The number of carbonyl (C=O) groups excluding carboxylic acids is 1. The molecule has 1 aromatic carbocycles. The Labute approximate surface area is 195 Å². The van der Waals surface area contributed by atoms with Gasteiger partial charge < -0.3 is 9.15 Å². The molecule has 0 N–H and O–H groups in total. The number of hydrogen-bond donors (Lipinski definition) is 0. The van der Waals surface area contributed by atoms with E-state index in [1.807, 2.05) is 31.2 Å². The Morgan fingerprint density at radius 1 is 1.18 bits per heavy atom. The highest BCUT2D eigenvalue weighted by molar-refractivity contribution is 7.99. The molecule has 0 aliphatic heterocycles. The normalized spacial score (nSPS) is 12.7. The van der Waals surface area contributed by atoms with Gasteiger partial charge in [-0.3, -0.25) is 4.98 Å². The first kappa shape index (κ1) is 24.9. The van der Waals surface area contributed by atoms with Gasteiger partial charge in [0, 0.05) is 32.9 Å². The van der Waals surface area contributed by atoms with Crippen LogP contribution >= 0.6 is 11.8 Å². The van der Waals surface area contributed by atoms with E-state index in [2.05, 4.69) is 18.5 Å². The Bertz CT molecular complexity index is 1150. The molecule has 2 aromatic heterocycles. The largest absolute Gasteiger partial charge is 0.462 e. The fourth-order valence-corrected chi connectivity index (χ4v) is 4.24. The molecular formula is C25H26F3NO3S. The van der Waals surface area contributed by atoms with E-state index in [9.17, 15) is 18.0 Å². The molecular weight excluding hydrogens is 451 g/mol. The Hall–Kier alpha value is -2.74. The van der Waals surface area contributed by atoms with Crippen molar-refractivity contribution in [3.05, 3.63) is 59.9 Å². The molecule has 0 spiro atoms. The van der Waals surface area contributed by atoms with Crippen LogP contribution in [0.5, 0.6) is 0 Å². The van der Waals surface area contributed by atoms with Crippen molar-refractivity contribution in [1.82, 2.24) is 4.98 Å². The van der Waals surface area contributed by atoms with Crippen LogP contribution in [0.4, 0.5) is 13.2 Å². The summed E-state index contributed by atoms with van der Waals surface area (Å²) in [6.45, 7) is 8.12. The lowest BCUT2D eigenvalue weighted by Crippen LogP contribution is -2.30. The molecule has 2 heterocycles. The number of aryl methyl sites for hydroxylation is 2. The van der Waals surface area contributed by atoms with Crippen LogP contribution in [0.1, 0.15) is 32.2 Å². The summed E-state index contributed by atoms with van der Waals surface area (Å²) in [7, 11) is 0. The number of furan rings is 1. The van der Waals surface area contributed by atoms with Gasteiger partial charge in [0.05, 0.1) is 11.6 Å². The van der Waals surface area contributed by atoms with E-state index in [0.717, 1.165) is 46.9 Å². The molecule has 8 heteroatoms. The number of ether oxygens (including phenoxy) is 1. The maximum Gasteiger partial charge on any atom is 0.395 e. The Morgan fingerprint density at radius 2 is 1.94 bits per heavy atom. The summed E-state index contributed by atoms with van der Waals surface area (Å²) < 4.78 is 51.0. The lowest BCUT2D eigenvalue weighted by molar-refractivity contribution is -0.183. The van der Waals surface area contributed by atoms with Gasteiger partial charge in [-0.05, 0) is 56.2 Å². The van der Waals surface area contributed by atoms with Crippen LogP contribution in [0.2, 0.25) is 0 Å². The minimum absolute atomic E-state index is 0.0633.